The predicted molar refractivity (Wildman–Crippen MR) is 105 cm³/mol. The lowest BCUT2D eigenvalue weighted by Crippen LogP contribution is -2.28. The van der Waals surface area contributed by atoms with E-state index >= 15 is 0 Å². The maximum absolute atomic E-state index is 11.7. The largest absolute Gasteiger partial charge is 0.508 e. The molecule has 0 atom stereocenters. The maximum atomic E-state index is 11.7. The monoisotopic (exact) mass is 366 g/mol. The van der Waals surface area contributed by atoms with Gasteiger partial charge in [0.2, 0.25) is 11.8 Å². The second kappa shape index (κ2) is 10.5. The minimum absolute atomic E-state index is 0.0465. The number of hydrogen-bond acceptors (Lipinski definition) is 4. The number of phenolic OH excluding ortho intramolecular Hbond substituents is 2. The van der Waals surface area contributed by atoms with Gasteiger partial charge in [-0.3, -0.25) is 9.59 Å². The quantitative estimate of drug-likeness (QED) is 0.426. The topological polar surface area (TPSA) is 98.7 Å². The first-order chi connectivity index (χ1) is 13.0. The van der Waals surface area contributed by atoms with Crippen molar-refractivity contribution in [3.05, 3.63) is 71.8 Å². The van der Waals surface area contributed by atoms with Crippen molar-refractivity contribution >= 4 is 24.0 Å². The fraction of sp³-hybridized carbons (Fsp3) is 0.143. The number of phenols is 2. The van der Waals surface area contributed by atoms with Crippen molar-refractivity contribution in [2.75, 3.05) is 13.1 Å². The molecule has 0 aromatic heterocycles. The molecule has 0 bridgehead atoms. The molecule has 0 saturated heterocycles. The Hall–Kier alpha value is -3.54. The summed E-state index contributed by atoms with van der Waals surface area (Å²) in [5, 5.41) is 24.3. The van der Waals surface area contributed by atoms with Gasteiger partial charge in [0.25, 0.3) is 0 Å². The molecule has 27 heavy (non-hydrogen) atoms. The van der Waals surface area contributed by atoms with Crippen LogP contribution in [0.3, 0.4) is 0 Å². The lowest BCUT2D eigenvalue weighted by Gasteiger charge is -2.04. The fourth-order valence-electron chi connectivity index (χ4n) is 2.20. The highest BCUT2D eigenvalue weighted by Gasteiger charge is 2.00. The lowest BCUT2D eigenvalue weighted by molar-refractivity contribution is -0.116. The Labute approximate surface area is 157 Å². The van der Waals surface area contributed by atoms with Gasteiger partial charge in [0.15, 0.2) is 0 Å². The molecule has 0 heterocycles. The highest BCUT2D eigenvalue weighted by Crippen LogP contribution is 2.23. The van der Waals surface area contributed by atoms with Gasteiger partial charge in [0.05, 0.1) is 0 Å². The Morgan fingerprint density at radius 2 is 1.48 bits per heavy atom. The third-order valence-electron chi connectivity index (χ3n) is 3.61. The van der Waals surface area contributed by atoms with Crippen LogP contribution in [0.1, 0.15) is 17.5 Å². The zero-order chi connectivity index (χ0) is 19.5. The minimum atomic E-state index is -0.308. The summed E-state index contributed by atoms with van der Waals surface area (Å²) < 4.78 is 0. The summed E-state index contributed by atoms with van der Waals surface area (Å²) in [6.07, 6.45) is 6.56. The molecule has 0 aliphatic heterocycles. The molecule has 2 amide bonds. The van der Waals surface area contributed by atoms with Crippen molar-refractivity contribution in [1.82, 2.24) is 10.6 Å². The van der Waals surface area contributed by atoms with E-state index in [9.17, 15) is 19.8 Å². The highest BCUT2D eigenvalue weighted by molar-refractivity contribution is 5.92. The molecule has 140 valence electrons. The molecular weight excluding hydrogens is 344 g/mol. The standard InChI is InChI=1S/C21H22N2O4/c24-18-10-8-17(19(25)15-18)9-12-21(27)23-14-4-13-22-20(26)11-7-16-5-2-1-3-6-16/h1-3,5-12,15,24-25H,4,13-14H2,(H,22,26)(H,23,27). The third-order valence-corrected chi connectivity index (χ3v) is 3.61. The number of benzene rings is 2. The number of rotatable bonds is 8. The van der Waals surface area contributed by atoms with Crippen LogP contribution in [0.2, 0.25) is 0 Å². The second-order valence-electron chi connectivity index (χ2n) is 5.76. The first-order valence-corrected chi connectivity index (χ1v) is 8.53. The summed E-state index contributed by atoms with van der Waals surface area (Å²) in [7, 11) is 0. The van der Waals surface area contributed by atoms with Crippen molar-refractivity contribution < 1.29 is 19.8 Å². The normalized spacial score (nSPS) is 11.0. The molecular formula is C21H22N2O4. The van der Waals surface area contributed by atoms with E-state index in [4.69, 9.17) is 0 Å². The number of carbonyl (C=O) groups is 2. The maximum Gasteiger partial charge on any atom is 0.244 e. The summed E-state index contributed by atoms with van der Waals surface area (Å²) >= 11 is 0. The van der Waals surface area contributed by atoms with Crippen molar-refractivity contribution in [3.8, 4) is 11.5 Å². The van der Waals surface area contributed by atoms with E-state index in [1.807, 2.05) is 30.3 Å². The smallest absolute Gasteiger partial charge is 0.244 e. The van der Waals surface area contributed by atoms with E-state index in [2.05, 4.69) is 10.6 Å². The molecule has 2 aromatic carbocycles. The third kappa shape index (κ3) is 7.48. The van der Waals surface area contributed by atoms with Crippen molar-refractivity contribution in [1.29, 1.82) is 0 Å². The van der Waals surface area contributed by atoms with Crippen molar-refractivity contribution in [2.45, 2.75) is 6.42 Å². The lowest BCUT2D eigenvalue weighted by atomic mass is 10.2. The Morgan fingerprint density at radius 1 is 0.852 bits per heavy atom. The first-order valence-electron chi connectivity index (χ1n) is 8.53. The van der Waals surface area contributed by atoms with Crippen LogP contribution in [-0.4, -0.2) is 35.1 Å². The molecule has 6 nitrogen and oxygen atoms in total. The van der Waals surface area contributed by atoms with Crippen LogP contribution in [0.15, 0.2) is 60.7 Å². The Balaban J connectivity index is 1.63. The van der Waals surface area contributed by atoms with Gasteiger partial charge in [0, 0.05) is 36.9 Å². The summed E-state index contributed by atoms with van der Waals surface area (Å²) in [5.74, 6) is -0.647. The molecule has 0 saturated carbocycles. The van der Waals surface area contributed by atoms with Gasteiger partial charge in [-0.05, 0) is 36.3 Å². The SMILES string of the molecule is O=C(C=Cc1ccccc1)NCCCNC(=O)C=Cc1ccc(O)cc1O. The number of hydrogen-bond donors (Lipinski definition) is 4. The van der Waals surface area contributed by atoms with Gasteiger partial charge in [-0.25, -0.2) is 0 Å². The Bertz CT molecular complexity index is 829. The van der Waals surface area contributed by atoms with Crippen molar-refractivity contribution in [2.24, 2.45) is 0 Å². The van der Waals surface area contributed by atoms with Gasteiger partial charge in [0.1, 0.15) is 11.5 Å². The summed E-state index contributed by atoms with van der Waals surface area (Å²) in [6.45, 7) is 0.855. The average Bonchev–Trinajstić information content (AvgIpc) is 2.66. The zero-order valence-corrected chi connectivity index (χ0v) is 14.8. The van der Waals surface area contributed by atoms with Gasteiger partial charge in [-0.2, -0.15) is 0 Å². The number of carbonyl (C=O) groups excluding carboxylic acids is 2. The van der Waals surface area contributed by atoms with Crippen molar-refractivity contribution in [3.63, 3.8) is 0 Å². The van der Waals surface area contributed by atoms with Gasteiger partial charge in [-0.1, -0.05) is 30.3 Å². The van der Waals surface area contributed by atoms with Gasteiger partial charge < -0.3 is 20.8 Å². The van der Waals surface area contributed by atoms with E-state index in [0.717, 1.165) is 5.56 Å². The zero-order valence-electron chi connectivity index (χ0n) is 14.8. The van der Waals surface area contributed by atoms with Crippen LogP contribution < -0.4 is 10.6 Å². The van der Waals surface area contributed by atoms with Crippen LogP contribution in [0.5, 0.6) is 11.5 Å². The molecule has 0 aliphatic rings. The Morgan fingerprint density at radius 3 is 2.11 bits per heavy atom. The average molecular weight is 366 g/mol. The number of amides is 2. The predicted octanol–water partition coefficient (Wildman–Crippen LogP) is 2.45. The molecule has 0 unspecified atom stereocenters. The van der Waals surface area contributed by atoms with E-state index in [0.29, 0.717) is 25.1 Å². The summed E-state index contributed by atoms with van der Waals surface area (Å²) in [4.78, 5) is 23.4. The molecule has 4 N–H and O–H groups in total. The van der Waals surface area contributed by atoms with Gasteiger partial charge in [-0.15, -0.1) is 0 Å². The second-order valence-corrected chi connectivity index (χ2v) is 5.76. The van der Waals surface area contributed by atoms with Crippen LogP contribution in [0.4, 0.5) is 0 Å². The van der Waals surface area contributed by atoms with Crippen LogP contribution in [-0.2, 0) is 9.59 Å². The van der Waals surface area contributed by atoms with E-state index in [-0.39, 0.29) is 23.3 Å². The molecule has 2 rings (SSSR count). The van der Waals surface area contributed by atoms with E-state index < -0.39 is 0 Å². The van der Waals surface area contributed by atoms with Crippen LogP contribution in [0.25, 0.3) is 12.2 Å². The fourth-order valence-corrected chi connectivity index (χ4v) is 2.20. The first kappa shape index (κ1) is 19.8. The van der Waals surface area contributed by atoms with E-state index in [1.165, 1.54) is 36.4 Å². The van der Waals surface area contributed by atoms with E-state index in [1.54, 1.807) is 6.08 Å². The molecule has 0 spiro atoms. The summed E-state index contributed by atoms with van der Waals surface area (Å²) in [5.41, 5.74) is 1.38. The molecule has 0 fully saturated rings. The Kier molecular flexibility index (Phi) is 7.66. The van der Waals surface area contributed by atoms with Gasteiger partial charge >= 0.3 is 0 Å². The molecule has 2 aromatic rings. The number of aromatic hydroxyl groups is 2. The minimum Gasteiger partial charge on any atom is -0.508 e. The number of nitrogens with one attached hydrogen (secondary N) is 2. The highest BCUT2D eigenvalue weighted by atomic mass is 16.3. The molecule has 0 radical (unpaired) electrons. The van der Waals surface area contributed by atoms with Crippen LogP contribution >= 0.6 is 0 Å². The van der Waals surface area contributed by atoms with Crippen LogP contribution in [0, 0.1) is 0 Å². The summed E-state index contributed by atoms with van der Waals surface area (Å²) in [6, 6.07) is 13.7. The molecule has 6 heteroatoms. The molecule has 0 aliphatic carbocycles.